The third kappa shape index (κ3) is 6.10. The number of amides is 1. The molecule has 2 heterocycles. The fraction of sp³-hybridized carbons (Fsp3) is 0.250. The summed E-state index contributed by atoms with van der Waals surface area (Å²) in [5.41, 5.74) is 1.72. The molecule has 0 fully saturated rings. The van der Waals surface area contributed by atoms with Gasteiger partial charge in [0.15, 0.2) is 5.13 Å². The second-order valence-corrected chi connectivity index (χ2v) is 8.10. The molecule has 4 aromatic rings. The number of ether oxygens (including phenoxy) is 2. The van der Waals surface area contributed by atoms with Crippen LogP contribution in [0.25, 0.3) is 21.3 Å². The molecule has 0 aliphatic heterocycles. The third-order valence-corrected chi connectivity index (χ3v) is 5.54. The van der Waals surface area contributed by atoms with Crippen molar-refractivity contribution in [2.75, 3.05) is 18.5 Å². The molecular formula is C20H15F6N5O3S. The molecule has 2 aromatic heterocycles. The van der Waals surface area contributed by atoms with Crippen LogP contribution in [-0.2, 0) is 11.8 Å². The molecule has 8 nitrogen and oxygen atoms in total. The van der Waals surface area contributed by atoms with Crippen molar-refractivity contribution < 1.29 is 40.6 Å². The molecule has 0 spiro atoms. The molecule has 0 saturated heterocycles. The number of carbonyl (C=O) groups excluding carboxylic acids is 1. The summed E-state index contributed by atoms with van der Waals surface area (Å²) in [6.45, 7) is -1.06. The number of benzene rings is 2. The number of aryl methyl sites for hydroxylation is 1. The first-order valence-corrected chi connectivity index (χ1v) is 10.6. The lowest BCUT2D eigenvalue weighted by molar-refractivity contribution is -0.323. The molecule has 15 heteroatoms. The zero-order chi connectivity index (χ0) is 25.4. The molecule has 0 bridgehead atoms. The van der Waals surface area contributed by atoms with Gasteiger partial charge in [0.1, 0.15) is 5.75 Å². The van der Waals surface area contributed by atoms with Crippen LogP contribution in [0.3, 0.4) is 0 Å². The van der Waals surface area contributed by atoms with Crippen LogP contribution in [0, 0.1) is 0 Å². The Bertz CT molecular complexity index is 1380. The van der Waals surface area contributed by atoms with Crippen molar-refractivity contribution in [2.45, 2.75) is 12.7 Å². The van der Waals surface area contributed by atoms with Crippen molar-refractivity contribution in [2.24, 2.45) is 7.05 Å². The fourth-order valence-electron chi connectivity index (χ4n) is 3.14. The first kappa shape index (κ1) is 24.5. The van der Waals surface area contributed by atoms with Crippen LogP contribution in [0.15, 0.2) is 36.4 Å². The second kappa shape index (κ2) is 9.22. The van der Waals surface area contributed by atoms with Gasteiger partial charge in [0.2, 0.25) is 5.95 Å². The quantitative estimate of drug-likeness (QED) is 0.261. The van der Waals surface area contributed by atoms with Gasteiger partial charge in [0.25, 0.3) is 5.91 Å². The Morgan fingerprint density at radius 1 is 1.03 bits per heavy atom. The predicted molar refractivity (Wildman–Crippen MR) is 115 cm³/mol. The summed E-state index contributed by atoms with van der Waals surface area (Å²) in [6, 6.07) is 8.38. The Morgan fingerprint density at radius 2 is 1.80 bits per heavy atom. The van der Waals surface area contributed by atoms with Gasteiger partial charge in [0.05, 0.1) is 27.9 Å². The first-order valence-electron chi connectivity index (χ1n) is 9.77. The van der Waals surface area contributed by atoms with Gasteiger partial charge < -0.3 is 19.9 Å². The average Bonchev–Trinajstić information content (AvgIpc) is 3.29. The van der Waals surface area contributed by atoms with Crippen LogP contribution >= 0.6 is 11.3 Å². The van der Waals surface area contributed by atoms with Gasteiger partial charge in [-0.25, -0.2) is 9.97 Å². The minimum atomic E-state index is -4.81. The molecule has 0 aliphatic carbocycles. The molecule has 2 aromatic carbocycles. The number of nitrogens with one attached hydrogen (secondary N) is 2. The summed E-state index contributed by atoms with van der Waals surface area (Å²) in [6.07, 6.45) is -9.58. The summed E-state index contributed by atoms with van der Waals surface area (Å²) < 4.78 is 83.1. The van der Waals surface area contributed by atoms with Gasteiger partial charge >= 0.3 is 12.7 Å². The number of rotatable bonds is 7. The van der Waals surface area contributed by atoms with Gasteiger partial charge in [0, 0.05) is 25.2 Å². The smallest absolute Gasteiger partial charge is 0.406 e. The van der Waals surface area contributed by atoms with E-state index in [1.54, 1.807) is 17.7 Å². The monoisotopic (exact) mass is 519 g/mol. The predicted octanol–water partition coefficient (Wildman–Crippen LogP) is 5.09. The van der Waals surface area contributed by atoms with Crippen molar-refractivity contribution in [3.63, 3.8) is 0 Å². The highest BCUT2D eigenvalue weighted by Gasteiger charge is 2.31. The Morgan fingerprint density at radius 3 is 2.51 bits per heavy atom. The highest BCUT2D eigenvalue weighted by molar-refractivity contribution is 7.22. The van der Waals surface area contributed by atoms with E-state index in [1.165, 1.54) is 24.3 Å². The topological polar surface area (TPSA) is 90.3 Å². The maximum absolute atomic E-state index is 12.4. The first-order chi connectivity index (χ1) is 16.4. The SMILES string of the molecule is Cn1c(Nc2nc3ccc(OC(F)(F)F)cc3s2)nc2cc(C(=O)NCCOC(F)(F)F)ccc21. The Balaban J connectivity index is 1.48. The van der Waals surface area contributed by atoms with Gasteiger partial charge in [-0.2, -0.15) is 0 Å². The number of hydrogen-bond acceptors (Lipinski definition) is 7. The summed E-state index contributed by atoms with van der Waals surface area (Å²) >= 11 is 1.09. The van der Waals surface area contributed by atoms with Crippen LogP contribution in [0.4, 0.5) is 37.4 Å². The van der Waals surface area contributed by atoms with E-state index in [0.29, 0.717) is 32.3 Å². The lowest BCUT2D eigenvalue weighted by Crippen LogP contribution is -2.29. The van der Waals surface area contributed by atoms with Gasteiger partial charge in [-0.15, -0.1) is 26.3 Å². The van der Waals surface area contributed by atoms with E-state index in [4.69, 9.17) is 0 Å². The Labute approximate surface area is 196 Å². The highest BCUT2D eigenvalue weighted by Crippen LogP contribution is 2.33. The number of aromatic nitrogens is 3. The minimum Gasteiger partial charge on any atom is -0.406 e. The molecule has 0 radical (unpaired) electrons. The summed E-state index contributed by atoms with van der Waals surface area (Å²) in [5.74, 6) is -0.610. The fourth-order valence-corrected chi connectivity index (χ4v) is 4.03. The summed E-state index contributed by atoms with van der Waals surface area (Å²) in [4.78, 5) is 21.0. The number of halogens is 6. The van der Waals surface area contributed by atoms with Crippen LogP contribution in [0.1, 0.15) is 10.4 Å². The maximum atomic E-state index is 12.4. The largest absolute Gasteiger partial charge is 0.573 e. The van der Waals surface area contributed by atoms with E-state index in [9.17, 15) is 31.1 Å². The lowest BCUT2D eigenvalue weighted by Gasteiger charge is -2.08. The molecule has 0 atom stereocenters. The van der Waals surface area contributed by atoms with E-state index in [0.717, 1.165) is 17.4 Å². The number of imidazole rings is 1. The number of alkyl halides is 6. The van der Waals surface area contributed by atoms with Gasteiger partial charge in [-0.05, 0) is 30.3 Å². The normalized spacial score (nSPS) is 12.3. The number of carbonyl (C=O) groups is 1. The molecule has 186 valence electrons. The van der Waals surface area contributed by atoms with E-state index in [-0.39, 0.29) is 17.9 Å². The zero-order valence-electron chi connectivity index (χ0n) is 17.6. The summed E-state index contributed by atoms with van der Waals surface area (Å²) in [7, 11) is 1.70. The van der Waals surface area contributed by atoms with Crippen LogP contribution in [0.2, 0.25) is 0 Å². The Hall–Kier alpha value is -3.59. The van der Waals surface area contributed by atoms with Crippen molar-refractivity contribution in [3.8, 4) is 5.75 Å². The van der Waals surface area contributed by atoms with E-state index >= 15 is 0 Å². The van der Waals surface area contributed by atoms with Crippen molar-refractivity contribution in [1.29, 1.82) is 0 Å². The molecule has 0 aliphatic rings. The van der Waals surface area contributed by atoms with E-state index in [1.807, 2.05) is 0 Å². The molecule has 1 amide bonds. The van der Waals surface area contributed by atoms with Crippen molar-refractivity contribution in [3.05, 3.63) is 42.0 Å². The average molecular weight is 519 g/mol. The molecule has 0 saturated carbocycles. The lowest BCUT2D eigenvalue weighted by atomic mass is 10.2. The van der Waals surface area contributed by atoms with Crippen LogP contribution in [-0.4, -0.2) is 46.3 Å². The van der Waals surface area contributed by atoms with Gasteiger partial charge in [-0.1, -0.05) is 11.3 Å². The van der Waals surface area contributed by atoms with Crippen LogP contribution in [0.5, 0.6) is 5.75 Å². The second-order valence-electron chi connectivity index (χ2n) is 7.07. The molecule has 0 unspecified atom stereocenters. The number of fused-ring (bicyclic) bond motifs is 2. The van der Waals surface area contributed by atoms with E-state index < -0.39 is 25.2 Å². The molecular weight excluding hydrogens is 504 g/mol. The minimum absolute atomic E-state index is 0.186. The maximum Gasteiger partial charge on any atom is 0.573 e. The number of anilines is 2. The Kier molecular flexibility index (Phi) is 6.46. The van der Waals surface area contributed by atoms with Gasteiger partial charge in [-0.3, -0.25) is 9.53 Å². The zero-order valence-corrected chi connectivity index (χ0v) is 18.4. The highest BCUT2D eigenvalue weighted by atomic mass is 32.1. The molecule has 2 N–H and O–H groups in total. The molecule has 4 rings (SSSR count). The summed E-state index contributed by atoms with van der Waals surface area (Å²) in [5, 5.41) is 5.69. The van der Waals surface area contributed by atoms with Crippen LogP contribution < -0.4 is 15.4 Å². The number of hydrogen-bond donors (Lipinski definition) is 2. The third-order valence-electron chi connectivity index (χ3n) is 4.61. The number of thiazole rings is 1. The number of nitrogens with zero attached hydrogens (tertiary/aromatic N) is 3. The molecule has 35 heavy (non-hydrogen) atoms. The van der Waals surface area contributed by atoms with Crippen molar-refractivity contribution in [1.82, 2.24) is 19.9 Å². The van der Waals surface area contributed by atoms with Crippen molar-refractivity contribution >= 4 is 49.6 Å². The standard InChI is InChI=1S/C20H15F6N5O3S/c1-31-14-5-2-10(16(32)27-6-7-33-19(21,22)23)8-13(14)28-17(31)30-18-29-12-4-3-11(9-15(12)35-18)34-20(24,25)26/h2-5,8-9H,6-7H2,1H3,(H,27,32)(H,28,29,30). The van der Waals surface area contributed by atoms with E-state index in [2.05, 4.69) is 30.1 Å².